The number of unbranched alkanes of at least 4 members (excludes halogenated alkanes) is 1. The molecule has 0 saturated carbocycles. The van der Waals surface area contributed by atoms with Gasteiger partial charge in [0.05, 0.1) is 5.56 Å². The van der Waals surface area contributed by atoms with Crippen molar-refractivity contribution in [3.8, 4) is 5.75 Å². The molecule has 1 aromatic carbocycles. The van der Waals surface area contributed by atoms with E-state index in [-0.39, 0.29) is 23.8 Å². The van der Waals surface area contributed by atoms with Crippen LogP contribution >= 0.6 is 0 Å². The van der Waals surface area contributed by atoms with Crippen molar-refractivity contribution in [2.24, 2.45) is 0 Å². The van der Waals surface area contributed by atoms with Crippen molar-refractivity contribution in [2.75, 3.05) is 24.3 Å². The van der Waals surface area contributed by atoms with Crippen LogP contribution in [0.5, 0.6) is 5.75 Å². The summed E-state index contributed by atoms with van der Waals surface area (Å²) < 4.78 is 44.5. The first-order valence-corrected chi connectivity index (χ1v) is 8.75. The van der Waals surface area contributed by atoms with Gasteiger partial charge in [-0.15, -0.1) is 0 Å². The second-order valence-electron chi connectivity index (χ2n) is 6.27. The van der Waals surface area contributed by atoms with Crippen LogP contribution in [-0.4, -0.2) is 29.1 Å². The highest BCUT2D eigenvalue weighted by molar-refractivity contribution is 5.96. The summed E-state index contributed by atoms with van der Waals surface area (Å²) in [5, 5.41) is 0. The number of H-pyrrole nitrogens is 1. The third-order valence-corrected chi connectivity index (χ3v) is 4.18. The summed E-state index contributed by atoms with van der Waals surface area (Å²) in [5.74, 6) is -1.07. The SMILES string of the molecule is CCCCn1c(N)c(N(C)C(=O)COc2cccc(C(F)(F)F)c2)c(=O)[nH]c1=O. The first-order valence-electron chi connectivity index (χ1n) is 8.75. The Morgan fingerprint density at radius 1 is 1.31 bits per heavy atom. The normalized spacial score (nSPS) is 11.3. The van der Waals surface area contributed by atoms with E-state index < -0.39 is 35.5 Å². The largest absolute Gasteiger partial charge is 0.484 e. The first-order chi connectivity index (χ1) is 13.6. The number of carbonyl (C=O) groups excluding carboxylic acids is 1. The number of nitrogen functional groups attached to an aromatic ring is 1. The zero-order valence-corrected chi connectivity index (χ0v) is 15.9. The van der Waals surface area contributed by atoms with E-state index in [9.17, 15) is 27.6 Å². The number of anilines is 2. The maximum Gasteiger partial charge on any atom is 0.416 e. The highest BCUT2D eigenvalue weighted by Crippen LogP contribution is 2.31. The van der Waals surface area contributed by atoms with Crippen molar-refractivity contribution >= 4 is 17.4 Å². The van der Waals surface area contributed by atoms with Gasteiger partial charge in [-0.2, -0.15) is 13.2 Å². The standard InChI is InChI=1S/C18H21F3N4O4/c1-3-4-8-25-15(22)14(16(27)23-17(25)28)24(2)13(26)10-29-12-7-5-6-11(9-12)18(19,20)21/h5-7,9H,3-4,8,10,22H2,1-2H3,(H,23,27,28). The molecule has 0 fully saturated rings. The van der Waals surface area contributed by atoms with Crippen molar-refractivity contribution < 1.29 is 22.7 Å². The minimum Gasteiger partial charge on any atom is -0.484 e. The molecule has 0 aliphatic carbocycles. The fraction of sp³-hybridized carbons (Fsp3) is 0.389. The van der Waals surface area contributed by atoms with E-state index in [1.165, 1.54) is 13.1 Å². The van der Waals surface area contributed by atoms with E-state index in [4.69, 9.17) is 10.5 Å². The molecule has 0 aliphatic rings. The molecule has 11 heteroatoms. The first kappa shape index (κ1) is 22.1. The molecule has 0 atom stereocenters. The van der Waals surface area contributed by atoms with Gasteiger partial charge in [0.1, 0.15) is 11.6 Å². The number of halogens is 3. The summed E-state index contributed by atoms with van der Waals surface area (Å²) in [6, 6.07) is 4.06. The van der Waals surface area contributed by atoms with E-state index in [2.05, 4.69) is 4.98 Å². The Morgan fingerprint density at radius 2 is 2.00 bits per heavy atom. The molecule has 0 saturated heterocycles. The van der Waals surface area contributed by atoms with Crippen LogP contribution in [0, 0.1) is 0 Å². The second kappa shape index (κ2) is 8.84. The van der Waals surface area contributed by atoms with Crippen molar-refractivity contribution in [1.29, 1.82) is 0 Å². The number of hydrogen-bond acceptors (Lipinski definition) is 5. The molecule has 0 aliphatic heterocycles. The zero-order valence-electron chi connectivity index (χ0n) is 15.9. The predicted molar refractivity (Wildman–Crippen MR) is 101 cm³/mol. The maximum atomic E-state index is 12.8. The lowest BCUT2D eigenvalue weighted by Crippen LogP contribution is -2.40. The molecule has 1 amide bonds. The molecular formula is C18H21F3N4O4. The van der Waals surface area contributed by atoms with Crippen LogP contribution < -0.4 is 26.6 Å². The van der Waals surface area contributed by atoms with Gasteiger partial charge < -0.3 is 15.4 Å². The van der Waals surface area contributed by atoms with Crippen LogP contribution in [0.15, 0.2) is 33.9 Å². The molecule has 29 heavy (non-hydrogen) atoms. The quantitative estimate of drug-likeness (QED) is 0.720. The molecule has 0 bridgehead atoms. The van der Waals surface area contributed by atoms with Crippen molar-refractivity contribution in [3.63, 3.8) is 0 Å². The van der Waals surface area contributed by atoms with E-state index in [0.717, 1.165) is 34.1 Å². The molecule has 8 nitrogen and oxygen atoms in total. The van der Waals surface area contributed by atoms with E-state index in [1.807, 2.05) is 6.92 Å². The van der Waals surface area contributed by atoms with Crippen molar-refractivity contribution in [3.05, 3.63) is 50.7 Å². The molecule has 2 rings (SSSR count). The number of likely N-dealkylation sites (N-methyl/N-ethyl adjacent to an activating group) is 1. The Labute approximate surface area is 163 Å². The van der Waals surface area contributed by atoms with E-state index in [1.54, 1.807) is 0 Å². The molecule has 1 aromatic heterocycles. The topological polar surface area (TPSA) is 110 Å². The number of rotatable bonds is 7. The van der Waals surface area contributed by atoms with Crippen molar-refractivity contribution in [2.45, 2.75) is 32.5 Å². The Balaban J connectivity index is 2.21. The summed E-state index contributed by atoms with van der Waals surface area (Å²) in [4.78, 5) is 39.5. The van der Waals surface area contributed by atoms with Gasteiger partial charge in [-0.3, -0.25) is 19.1 Å². The fourth-order valence-corrected chi connectivity index (χ4v) is 2.57. The van der Waals surface area contributed by atoms with Gasteiger partial charge in [0.25, 0.3) is 11.5 Å². The Morgan fingerprint density at radius 3 is 2.62 bits per heavy atom. The molecule has 2 aromatic rings. The maximum absolute atomic E-state index is 12.8. The molecule has 1 heterocycles. The van der Waals surface area contributed by atoms with E-state index in [0.29, 0.717) is 6.42 Å². The number of alkyl halides is 3. The van der Waals surface area contributed by atoms with Gasteiger partial charge in [0.15, 0.2) is 12.3 Å². The summed E-state index contributed by atoms with van der Waals surface area (Å²) in [7, 11) is 1.26. The van der Waals surface area contributed by atoms with Crippen LogP contribution in [0.25, 0.3) is 0 Å². The number of nitrogens with zero attached hydrogens (tertiary/aromatic N) is 2. The molecule has 0 spiro atoms. The summed E-state index contributed by atoms with van der Waals surface area (Å²) in [5.41, 5.74) is 3.23. The van der Waals surface area contributed by atoms with Gasteiger partial charge in [0.2, 0.25) is 0 Å². The number of hydrogen-bond donors (Lipinski definition) is 2. The molecule has 0 radical (unpaired) electrons. The molecule has 158 valence electrons. The van der Waals surface area contributed by atoms with E-state index >= 15 is 0 Å². The smallest absolute Gasteiger partial charge is 0.416 e. The Kier molecular flexibility index (Phi) is 6.72. The average molecular weight is 414 g/mol. The summed E-state index contributed by atoms with van der Waals surface area (Å²) >= 11 is 0. The highest BCUT2D eigenvalue weighted by atomic mass is 19.4. The summed E-state index contributed by atoms with van der Waals surface area (Å²) in [6.45, 7) is 1.53. The number of amides is 1. The fourth-order valence-electron chi connectivity index (χ4n) is 2.57. The number of aromatic nitrogens is 2. The molecule has 3 N–H and O–H groups in total. The summed E-state index contributed by atoms with van der Waals surface area (Å²) in [6.07, 6.45) is -3.14. The molecular weight excluding hydrogens is 393 g/mol. The number of carbonyl (C=O) groups is 1. The number of ether oxygens (including phenoxy) is 1. The lowest BCUT2D eigenvalue weighted by molar-refractivity contribution is -0.137. The van der Waals surface area contributed by atoms with Gasteiger partial charge in [-0.25, -0.2) is 4.79 Å². The number of nitrogens with two attached hydrogens (primary N) is 1. The number of nitrogens with one attached hydrogen (secondary N) is 1. The minimum absolute atomic E-state index is 0.156. The van der Waals surface area contributed by atoms with Crippen molar-refractivity contribution in [1.82, 2.24) is 9.55 Å². The highest BCUT2D eigenvalue weighted by Gasteiger charge is 2.30. The minimum atomic E-state index is -4.55. The van der Waals surface area contributed by atoms with Gasteiger partial charge in [-0.1, -0.05) is 19.4 Å². The third-order valence-electron chi connectivity index (χ3n) is 4.18. The van der Waals surface area contributed by atoms with Gasteiger partial charge >= 0.3 is 11.9 Å². The Hall–Kier alpha value is -3.24. The van der Waals surface area contributed by atoms with Gasteiger partial charge in [0, 0.05) is 13.6 Å². The predicted octanol–water partition coefficient (Wildman–Crippen LogP) is 1.98. The van der Waals surface area contributed by atoms with Crippen LogP contribution in [0.4, 0.5) is 24.7 Å². The zero-order chi connectivity index (χ0) is 21.8. The van der Waals surface area contributed by atoms with Crippen LogP contribution in [0.2, 0.25) is 0 Å². The average Bonchev–Trinajstić information content (AvgIpc) is 2.65. The lowest BCUT2D eigenvalue weighted by Gasteiger charge is -2.20. The second-order valence-corrected chi connectivity index (χ2v) is 6.27. The number of aromatic amines is 1. The Bertz CT molecular complexity index is 998. The lowest BCUT2D eigenvalue weighted by atomic mass is 10.2. The van der Waals surface area contributed by atoms with Crippen LogP contribution in [-0.2, 0) is 17.5 Å². The third kappa shape index (κ3) is 5.18. The monoisotopic (exact) mass is 414 g/mol. The number of benzene rings is 1. The molecule has 0 unspecified atom stereocenters. The van der Waals surface area contributed by atoms with Crippen LogP contribution in [0.1, 0.15) is 25.3 Å². The van der Waals surface area contributed by atoms with Gasteiger partial charge in [-0.05, 0) is 24.6 Å². The van der Waals surface area contributed by atoms with Crippen LogP contribution in [0.3, 0.4) is 0 Å².